The van der Waals surface area contributed by atoms with Crippen molar-refractivity contribution in [2.75, 3.05) is 26.4 Å². The zero-order valence-electron chi connectivity index (χ0n) is 10.0. The fraction of sp³-hybridized carbons (Fsp3) is 0.500. The van der Waals surface area contributed by atoms with E-state index in [-0.39, 0.29) is 26.4 Å². The van der Waals surface area contributed by atoms with Crippen LogP contribution in [0.2, 0.25) is 0 Å². The highest BCUT2D eigenvalue weighted by atomic mass is 31.3. The Morgan fingerprint density at radius 1 is 0.842 bits per heavy atom. The van der Waals surface area contributed by atoms with Crippen LogP contribution in [0.4, 0.5) is 0 Å². The molecule has 9 nitrogen and oxygen atoms in total. The highest BCUT2D eigenvalue weighted by molar-refractivity contribution is 7.61. The molecule has 0 radical (unpaired) electrons. The summed E-state index contributed by atoms with van der Waals surface area (Å²) in [7, 11) is -9.45. The lowest BCUT2D eigenvalue weighted by molar-refractivity contribution is 0.114. The molecule has 0 amide bonds. The highest BCUT2D eigenvalue weighted by Crippen LogP contribution is 2.60. The lowest BCUT2D eigenvalue weighted by Crippen LogP contribution is -2.04. The Bertz CT molecular complexity index is 335. The van der Waals surface area contributed by atoms with E-state index >= 15 is 0 Å². The number of hydrogen-bond acceptors (Lipinski definition) is 7. The maximum Gasteiger partial charge on any atom is 0.481 e. The van der Waals surface area contributed by atoms with Crippen LogP contribution in [0, 0.1) is 0 Å². The Hall–Kier alpha value is -0.660. The van der Waals surface area contributed by atoms with Crippen molar-refractivity contribution in [2.45, 2.75) is 0 Å². The van der Waals surface area contributed by atoms with Crippen molar-refractivity contribution in [3.05, 3.63) is 25.7 Å². The van der Waals surface area contributed by atoms with Crippen molar-refractivity contribution in [1.29, 1.82) is 0 Å². The minimum Gasteiger partial charge on any atom is -0.499 e. The van der Waals surface area contributed by atoms with Crippen molar-refractivity contribution in [2.24, 2.45) is 0 Å². The Labute approximate surface area is 110 Å². The Morgan fingerprint density at radius 2 is 1.21 bits per heavy atom. The predicted molar refractivity (Wildman–Crippen MR) is 64.9 cm³/mol. The van der Waals surface area contributed by atoms with Gasteiger partial charge in [0.15, 0.2) is 0 Å². The summed E-state index contributed by atoms with van der Waals surface area (Å²) in [6.07, 6.45) is 2.21. The van der Waals surface area contributed by atoms with Crippen LogP contribution in [0.1, 0.15) is 0 Å². The van der Waals surface area contributed by atoms with Gasteiger partial charge in [-0.15, -0.1) is 0 Å². The number of rotatable bonds is 12. The highest BCUT2D eigenvalue weighted by Gasteiger charge is 2.35. The second kappa shape index (κ2) is 9.28. The summed E-state index contributed by atoms with van der Waals surface area (Å²) < 4.78 is 44.4. The van der Waals surface area contributed by atoms with Gasteiger partial charge < -0.3 is 19.3 Å². The van der Waals surface area contributed by atoms with Crippen molar-refractivity contribution in [3.63, 3.8) is 0 Å². The van der Waals surface area contributed by atoms with E-state index in [9.17, 15) is 9.13 Å². The number of phosphoric acid groups is 2. The van der Waals surface area contributed by atoms with E-state index in [0.29, 0.717) is 0 Å². The van der Waals surface area contributed by atoms with Gasteiger partial charge >= 0.3 is 15.6 Å². The van der Waals surface area contributed by atoms with E-state index < -0.39 is 15.6 Å². The van der Waals surface area contributed by atoms with Crippen LogP contribution in [-0.2, 0) is 32.0 Å². The number of hydrogen-bond donors (Lipinski definition) is 2. The van der Waals surface area contributed by atoms with Crippen molar-refractivity contribution >= 4 is 15.6 Å². The maximum atomic E-state index is 11.3. The van der Waals surface area contributed by atoms with E-state index in [4.69, 9.17) is 9.79 Å². The van der Waals surface area contributed by atoms with Gasteiger partial charge in [0.05, 0.1) is 25.7 Å². The van der Waals surface area contributed by atoms with Gasteiger partial charge in [0.1, 0.15) is 13.2 Å². The van der Waals surface area contributed by atoms with Gasteiger partial charge in [-0.05, 0) is 0 Å². The van der Waals surface area contributed by atoms with Crippen LogP contribution >= 0.6 is 15.6 Å². The molecule has 0 spiro atoms. The molecule has 0 aliphatic rings. The molecule has 0 fully saturated rings. The van der Waals surface area contributed by atoms with Crippen LogP contribution in [0.25, 0.3) is 0 Å². The molecule has 112 valence electrons. The van der Waals surface area contributed by atoms with Crippen LogP contribution in [-0.4, -0.2) is 36.2 Å². The molecule has 19 heavy (non-hydrogen) atoms. The van der Waals surface area contributed by atoms with Crippen LogP contribution in [0.3, 0.4) is 0 Å². The molecule has 2 atom stereocenters. The smallest absolute Gasteiger partial charge is 0.481 e. The first kappa shape index (κ1) is 18.3. The van der Waals surface area contributed by atoms with Gasteiger partial charge in [-0.2, -0.15) is 4.31 Å². The zero-order valence-corrected chi connectivity index (χ0v) is 11.8. The van der Waals surface area contributed by atoms with E-state index in [1.807, 2.05) is 0 Å². The first-order valence-electron chi connectivity index (χ1n) is 4.94. The molecule has 0 rings (SSSR count). The lowest BCUT2D eigenvalue weighted by atomic mass is 10.8. The summed E-state index contributed by atoms with van der Waals surface area (Å²) in [5.41, 5.74) is 0. The third kappa shape index (κ3) is 10.9. The molecular weight excluding hydrogens is 302 g/mol. The monoisotopic (exact) mass is 318 g/mol. The molecule has 0 aromatic heterocycles. The minimum atomic E-state index is -4.72. The quantitative estimate of drug-likeness (QED) is 0.313. The van der Waals surface area contributed by atoms with Crippen LogP contribution < -0.4 is 0 Å². The third-order valence-electron chi connectivity index (χ3n) is 1.35. The number of phosphoric ester groups is 2. The second-order valence-corrected chi connectivity index (χ2v) is 5.80. The molecule has 11 heteroatoms. The molecule has 2 unspecified atom stereocenters. The SMILES string of the molecule is C=COCCOP(=O)(O)OP(=O)(O)OCCOC=C. The maximum absolute atomic E-state index is 11.3. The third-order valence-corrected chi connectivity index (χ3v) is 4.02. The molecule has 0 bridgehead atoms. The van der Waals surface area contributed by atoms with Gasteiger partial charge in [-0.25, -0.2) is 9.13 Å². The van der Waals surface area contributed by atoms with E-state index in [1.165, 1.54) is 0 Å². The van der Waals surface area contributed by atoms with Gasteiger partial charge in [-0.3, -0.25) is 9.05 Å². The molecule has 0 aliphatic heterocycles. The summed E-state index contributed by atoms with van der Waals surface area (Å²) in [5.74, 6) is 0. The molecule has 2 N–H and O–H groups in total. The molecule has 0 aromatic rings. The van der Waals surface area contributed by atoms with E-state index in [2.05, 4.69) is 36.0 Å². The zero-order chi connectivity index (χ0) is 14.8. The average Bonchev–Trinajstić information content (AvgIpc) is 2.29. The van der Waals surface area contributed by atoms with Gasteiger partial charge in [-0.1, -0.05) is 13.2 Å². The topological polar surface area (TPSA) is 121 Å². The predicted octanol–water partition coefficient (Wildman–Crippen LogP) is 1.56. The summed E-state index contributed by atoms with van der Waals surface area (Å²) in [5, 5.41) is 0. The summed E-state index contributed by atoms with van der Waals surface area (Å²) in [4.78, 5) is 18.2. The van der Waals surface area contributed by atoms with Crippen molar-refractivity contribution in [1.82, 2.24) is 0 Å². The standard InChI is InChI=1S/C8H16O9P2/c1-3-13-5-7-15-18(9,10)17-19(11,12)16-8-6-14-4-2/h3-4H,1-2,5-8H2,(H,9,10)(H,11,12). The fourth-order valence-electron chi connectivity index (χ4n) is 0.746. The molecule has 0 saturated heterocycles. The largest absolute Gasteiger partial charge is 0.499 e. The number of ether oxygens (including phenoxy) is 2. The van der Waals surface area contributed by atoms with Gasteiger partial charge in [0.2, 0.25) is 0 Å². The second-order valence-electron chi connectivity index (χ2n) is 2.76. The van der Waals surface area contributed by atoms with Gasteiger partial charge in [0.25, 0.3) is 0 Å². The van der Waals surface area contributed by atoms with E-state index in [0.717, 1.165) is 12.5 Å². The average molecular weight is 318 g/mol. The minimum absolute atomic E-state index is 0.0683. The normalized spacial score (nSPS) is 16.9. The lowest BCUT2D eigenvalue weighted by Gasteiger charge is -2.15. The summed E-state index contributed by atoms with van der Waals surface area (Å²) in [6, 6.07) is 0. The first-order chi connectivity index (χ1) is 8.83. The molecular formula is C8H16O9P2. The van der Waals surface area contributed by atoms with Crippen LogP contribution in [0.5, 0.6) is 0 Å². The van der Waals surface area contributed by atoms with Crippen LogP contribution in [0.15, 0.2) is 25.7 Å². The molecule has 0 aliphatic carbocycles. The van der Waals surface area contributed by atoms with Crippen molar-refractivity contribution < 1.29 is 41.7 Å². The Balaban J connectivity index is 4.07. The Kier molecular flexibility index (Phi) is 8.95. The van der Waals surface area contributed by atoms with Gasteiger partial charge in [0, 0.05) is 0 Å². The van der Waals surface area contributed by atoms with E-state index in [1.54, 1.807) is 0 Å². The first-order valence-corrected chi connectivity index (χ1v) is 7.93. The molecule has 0 saturated carbocycles. The molecule has 0 aromatic carbocycles. The summed E-state index contributed by atoms with van der Waals surface area (Å²) >= 11 is 0. The summed E-state index contributed by atoms with van der Waals surface area (Å²) in [6.45, 7) is 5.67. The molecule has 0 heterocycles. The van der Waals surface area contributed by atoms with Crippen molar-refractivity contribution in [3.8, 4) is 0 Å². The Morgan fingerprint density at radius 3 is 1.53 bits per heavy atom. The fourth-order valence-corrected chi connectivity index (χ4v) is 2.78.